The van der Waals surface area contributed by atoms with Gasteiger partial charge in [0, 0.05) is 11.3 Å². The third-order valence-electron chi connectivity index (χ3n) is 4.95. The summed E-state index contributed by atoms with van der Waals surface area (Å²) in [5, 5.41) is 10.4. The van der Waals surface area contributed by atoms with Crippen molar-refractivity contribution in [2.45, 2.75) is 26.8 Å². The van der Waals surface area contributed by atoms with Gasteiger partial charge in [0.1, 0.15) is 11.5 Å². The molecule has 9 nitrogen and oxygen atoms in total. The maximum atomic E-state index is 12.6. The van der Waals surface area contributed by atoms with E-state index >= 15 is 0 Å². The summed E-state index contributed by atoms with van der Waals surface area (Å²) < 4.78 is 16.4. The topological polar surface area (TPSA) is 110 Å². The van der Waals surface area contributed by atoms with E-state index in [9.17, 15) is 9.59 Å². The van der Waals surface area contributed by atoms with Gasteiger partial charge in [-0.1, -0.05) is 18.2 Å². The van der Waals surface area contributed by atoms with Crippen LogP contribution in [0.1, 0.15) is 37.9 Å². The number of thiocarbonyl (C=S) groups is 1. The van der Waals surface area contributed by atoms with Gasteiger partial charge in [0.05, 0.1) is 31.0 Å². The number of para-hydroxylation sites is 1. The maximum Gasteiger partial charge on any atom is 0.338 e. The average molecular weight is 497 g/mol. The Kier molecular flexibility index (Phi) is 9.19. The number of rotatable bonds is 10. The molecule has 0 aliphatic carbocycles. The first-order valence-corrected chi connectivity index (χ1v) is 11.6. The lowest BCUT2D eigenvalue weighted by Crippen LogP contribution is -2.45. The van der Waals surface area contributed by atoms with Crippen LogP contribution in [-0.2, 0) is 14.3 Å². The molecule has 35 heavy (non-hydrogen) atoms. The fourth-order valence-corrected chi connectivity index (χ4v) is 3.70. The summed E-state index contributed by atoms with van der Waals surface area (Å²) >= 11 is 5.29. The molecule has 0 unspecified atom stereocenters. The van der Waals surface area contributed by atoms with Crippen LogP contribution in [0.25, 0.3) is 0 Å². The summed E-state index contributed by atoms with van der Waals surface area (Å²) in [5.74, 6) is 0.289. The van der Waals surface area contributed by atoms with E-state index in [1.807, 2.05) is 37.3 Å². The van der Waals surface area contributed by atoms with Gasteiger partial charge in [0.25, 0.3) is 5.91 Å². The molecule has 0 saturated heterocycles. The standard InChI is InChI=1S/C25H28N4O5S/c1-4-32-18-12-10-17(11-13-18)14-26-29-21(30)15-34-20-9-7-6-8-19(20)23-22(24(31)33-5-2)16(3)27-25(35)28-23/h6-14,23H,4-5,15H2,1-3H3,(H,29,30)(H2,27,28,35)/t23-/m1/s1. The van der Waals surface area contributed by atoms with Crippen molar-refractivity contribution in [2.24, 2.45) is 5.10 Å². The van der Waals surface area contributed by atoms with Crippen LogP contribution in [0.4, 0.5) is 0 Å². The molecule has 2 aromatic carbocycles. The van der Waals surface area contributed by atoms with E-state index in [1.165, 1.54) is 6.21 Å². The van der Waals surface area contributed by atoms with Crippen molar-refractivity contribution in [1.82, 2.24) is 16.1 Å². The van der Waals surface area contributed by atoms with E-state index < -0.39 is 17.9 Å². The maximum absolute atomic E-state index is 12.6. The Hall–Kier alpha value is -3.92. The summed E-state index contributed by atoms with van der Waals surface area (Å²) in [6.07, 6.45) is 1.53. The van der Waals surface area contributed by atoms with Gasteiger partial charge >= 0.3 is 5.97 Å². The molecule has 1 heterocycles. The molecule has 2 aromatic rings. The number of nitrogens with zero attached hydrogens (tertiary/aromatic N) is 1. The number of ether oxygens (including phenoxy) is 3. The highest BCUT2D eigenvalue weighted by Crippen LogP contribution is 2.33. The molecule has 0 radical (unpaired) electrons. The zero-order chi connectivity index (χ0) is 25.2. The highest BCUT2D eigenvalue weighted by Gasteiger charge is 2.32. The summed E-state index contributed by atoms with van der Waals surface area (Å²) in [5.41, 5.74) is 4.87. The molecular formula is C25H28N4O5S. The third-order valence-corrected chi connectivity index (χ3v) is 5.17. The van der Waals surface area contributed by atoms with Gasteiger partial charge < -0.3 is 24.8 Å². The second-order valence-electron chi connectivity index (χ2n) is 7.41. The first-order chi connectivity index (χ1) is 16.9. The summed E-state index contributed by atoms with van der Waals surface area (Å²) in [6.45, 7) is 5.97. The van der Waals surface area contributed by atoms with Crippen LogP contribution in [0.2, 0.25) is 0 Å². The van der Waals surface area contributed by atoms with Gasteiger partial charge in [-0.15, -0.1) is 0 Å². The molecule has 184 valence electrons. The Labute approximate surface area is 209 Å². The second kappa shape index (κ2) is 12.5. The normalized spacial score (nSPS) is 15.3. The lowest BCUT2D eigenvalue weighted by Gasteiger charge is -2.30. The van der Waals surface area contributed by atoms with Crippen LogP contribution in [0.5, 0.6) is 11.5 Å². The Bertz CT molecular complexity index is 1130. The number of carbonyl (C=O) groups is 2. The van der Waals surface area contributed by atoms with Crippen LogP contribution in [0.15, 0.2) is 64.9 Å². The van der Waals surface area contributed by atoms with E-state index in [4.69, 9.17) is 26.4 Å². The summed E-state index contributed by atoms with van der Waals surface area (Å²) in [6, 6.07) is 13.8. The molecule has 1 amide bonds. The number of carbonyl (C=O) groups excluding carboxylic acids is 2. The van der Waals surface area contributed by atoms with Gasteiger partial charge in [-0.3, -0.25) is 4.79 Å². The lowest BCUT2D eigenvalue weighted by atomic mass is 9.95. The Morgan fingerprint density at radius 1 is 1.09 bits per heavy atom. The minimum absolute atomic E-state index is 0.238. The van der Waals surface area contributed by atoms with Gasteiger partial charge in [-0.25, -0.2) is 10.2 Å². The van der Waals surface area contributed by atoms with Crippen molar-refractivity contribution in [3.05, 3.63) is 70.9 Å². The molecule has 10 heteroatoms. The molecule has 0 saturated carbocycles. The molecular weight excluding hydrogens is 468 g/mol. The molecule has 0 fully saturated rings. The van der Waals surface area contributed by atoms with Gasteiger partial charge in [0.15, 0.2) is 11.7 Å². The highest BCUT2D eigenvalue weighted by molar-refractivity contribution is 7.80. The highest BCUT2D eigenvalue weighted by atomic mass is 32.1. The number of nitrogens with one attached hydrogen (secondary N) is 3. The van der Waals surface area contributed by atoms with Crippen molar-refractivity contribution in [2.75, 3.05) is 19.8 Å². The van der Waals surface area contributed by atoms with E-state index in [0.29, 0.717) is 34.3 Å². The monoisotopic (exact) mass is 496 g/mol. The Morgan fingerprint density at radius 2 is 1.83 bits per heavy atom. The van der Waals surface area contributed by atoms with Crippen LogP contribution in [0, 0.1) is 0 Å². The predicted molar refractivity (Wildman–Crippen MR) is 136 cm³/mol. The minimum atomic E-state index is -0.597. The van der Waals surface area contributed by atoms with Crippen molar-refractivity contribution < 1.29 is 23.8 Å². The quantitative estimate of drug-likeness (QED) is 0.199. The average Bonchev–Trinajstić information content (AvgIpc) is 2.84. The zero-order valence-electron chi connectivity index (χ0n) is 19.8. The molecule has 0 spiro atoms. The minimum Gasteiger partial charge on any atom is -0.494 e. The number of allylic oxidation sites excluding steroid dienone is 1. The van der Waals surface area contributed by atoms with Crippen molar-refractivity contribution in [3.63, 3.8) is 0 Å². The van der Waals surface area contributed by atoms with Crippen LogP contribution in [0.3, 0.4) is 0 Å². The number of hydrogen-bond donors (Lipinski definition) is 3. The second-order valence-corrected chi connectivity index (χ2v) is 7.82. The fraction of sp³-hybridized carbons (Fsp3) is 0.280. The SMILES string of the molecule is CCOC(=O)C1=C(C)NC(=S)N[C@@H]1c1ccccc1OCC(=O)NN=Cc1ccc(OCC)cc1. The fourth-order valence-electron chi connectivity index (χ4n) is 3.43. The first-order valence-electron chi connectivity index (χ1n) is 11.1. The van der Waals surface area contributed by atoms with Crippen molar-refractivity contribution >= 4 is 35.4 Å². The van der Waals surface area contributed by atoms with E-state index in [0.717, 1.165) is 11.3 Å². The molecule has 1 aliphatic heterocycles. The number of hydrazone groups is 1. The molecule has 0 aromatic heterocycles. The zero-order valence-corrected chi connectivity index (χ0v) is 20.6. The van der Waals surface area contributed by atoms with Crippen molar-refractivity contribution in [3.8, 4) is 11.5 Å². The molecule has 1 aliphatic rings. The largest absolute Gasteiger partial charge is 0.494 e. The van der Waals surface area contributed by atoms with Gasteiger partial charge in [-0.2, -0.15) is 5.10 Å². The third kappa shape index (κ3) is 7.03. The van der Waals surface area contributed by atoms with Crippen LogP contribution in [-0.4, -0.2) is 43.0 Å². The number of amides is 1. The molecule has 3 N–H and O–H groups in total. The first kappa shape index (κ1) is 25.7. The Balaban J connectivity index is 1.66. The van der Waals surface area contributed by atoms with Crippen molar-refractivity contribution in [1.29, 1.82) is 0 Å². The smallest absolute Gasteiger partial charge is 0.338 e. The lowest BCUT2D eigenvalue weighted by molar-refractivity contribution is -0.139. The number of hydrogen-bond acceptors (Lipinski definition) is 7. The molecule has 3 rings (SSSR count). The molecule has 0 bridgehead atoms. The van der Waals surface area contributed by atoms with Gasteiger partial charge in [0.2, 0.25) is 0 Å². The van der Waals surface area contributed by atoms with E-state index in [1.54, 1.807) is 32.0 Å². The van der Waals surface area contributed by atoms with Crippen LogP contribution < -0.4 is 25.5 Å². The van der Waals surface area contributed by atoms with E-state index in [2.05, 4.69) is 21.2 Å². The van der Waals surface area contributed by atoms with Gasteiger partial charge in [-0.05, 0) is 68.9 Å². The molecule has 1 atom stereocenters. The summed E-state index contributed by atoms with van der Waals surface area (Å²) in [4.78, 5) is 24.9. The Morgan fingerprint density at radius 3 is 2.54 bits per heavy atom. The number of esters is 1. The predicted octanol–water partition coefficient (Wildman–Crippen LogP) is 2.97. The van der Waals surface area contributed by atoms with Crippen LogP contribution >= 0.6 is 12.2 Å². The summed E-state index contributed by atoms with van der Waals surface area (Å²) in [7, 11) is 0. The number of benzene rings is 2. The van der Waals surface area contributed by atoms with E-state index in [-0.39, 0.29) is 13.2 Å².